The number of benzene rings is 1. The lowest BCUT2D eigenvalue weighted by atomic mass is 10.0. The van der Waals surface area contributed by atoms with Crippen LogP contribution in [0.4, 0.5) is 0 Å². The molecule has 84 valence electrons. The number of hydrogen-bond acceptors (Lipinski definition) is 2. The zero-order valence-corrected chi connectivity index (χ0v) is 10.8. The number of aliphatic hydroxyl groups is 1. The van der Waals surface area contributed by atoms with E-state index in [0.717, 1.165) is 35.0 Å². The van der Waals surface area contributed by atoms with Crippen LogP contribution in [0.5, 0.6) is 5.75 Å². The predicted molar refractivity (Wildman–Crippen MR) is 65.2 cm³/mol. The van der Waals surface area contributed by atoms with Gasteiger partial charge < -0.3 is 9.84 Å². The Hall–Kier alpha value is -0.540. The summed E-state index contributed by atoms with van der Waals surface area (Å²) < 4.78 is 6.02. The van der Waals surface area contributed by atoms with Gasteiger partial charge in [0.05, 0.1) is 17.7 Å². The van der Waals surface area contributed by atoms with E-state index >= 15 is 0 Å². The number of halogens is 1. The van der Waals surface area contributed by atoms with Gasteiger partial charge in [-0.2, -0.15) is 0 Å². The summed E-state index contributed by atoms with van der Waals surface area (Å²) in [5.41, 5.74) is 0.941. The molecular weight excluding hydrogens is 256 g/mol. The minimum absolute atomic E-state index is 0.368. The fraction of sp³-hybridized carbons (Fsp3) is 0.500. The summed E-state index contributed by atoms with van der Waals surface area (Å²) >= 11 is 3.41. The topological polar surface area (TPSA) is 29.5 Å². The van der Waals surface area contributed by atoms with Gasteiger partial charge in [-0.3, -0.25) is 0 Å². The molecule has 3 heteroatoms. The highest BCUT2D eigenvalue weighted by atomic mass is 79.9. The van der Waals surface area contributed by atoms with E-state index in [1.165, 1.54) is 0 Å². The summed E-state index contributed by atoms with van der Waals surface area (Å²) in [5, 5.41) is 9.88. The molecular formula is C12H17BrO2. The second kappa shape index (κ2) is 6.13. The summed E-state index contributed by atoms with van der Waals surface area (Å²) in [4.78, 5) is 0. The molecule has 0 fully saturated rings. The van der Waals surface area contributed by atoms with Gasteiger partial charge in [0.25, 0.3) is 0 Å². The number of unbranched alkanes of at least 4 members (excludes halogenated alkanes) is 1. The van der Waals surface area contributed by atoms with Crippen LogP contribution in [-0.2, 0) is 0 Å². The lowest BCUT2D eigenvalue weighted by Crippen LogP contribution is -1.97. The van der Waals surface area contributed by atoms with Crippen LogP contribution < -0.4 is 4.74 Å². The Balaban J connectivity index is 2.73. The van der Waals surface area contributed by atoms with Crippen molar-refractivity contribution in [3.63, 3.8) is 0 Å². The van der Waals surface area contributed by atoms with Gasteiger partial charge in [0, 0.05) is 0 Å². The van der Waals surface area contributed by atoms with Crippen LogP contribution in [-0.4, -0.2) is 12.2 Å². The summed E-state index contributed by atoms with van der Waals surface area (Å²) in [6, 6.07) is 5.69. The molecule has 0 bridgehead atoms. The van der Waals surface area contributed by atoms with Crippen molar-refractivity contribution in [2.24, 2.45) is 0 Å². The molecule has 15 heavy (non-hydrogen) atoms. The predicted octanol–water partition coefficient (Wildman–Crippen LogP) is 3.68. The molecule has 0 aliphatic heterocycles. The van der Waals surface area contributed by atoms with Gasteiger partial charge in [-0.15, -0.1) is 0 Å². The van der Waals surface area contributed by atoms with E-state index in [1.807, 2.05) is 18.2 Å². The highest BCUT2D eigenvalue weighted by Crippen LogP contribution is 2.29. The molecule has 0 saturated heterocycles. The molecule has 0 aliphatic rings. The van der Waals surface area contributed by atoms with Gasteiger partial charge in [0.2, 0.25) is 0 Å². The third-order valence-electron chi connectivity index (χ3n) is 2.39. The van der Waals surface area contributed by atoms with E-state index in [9.17, 15) is 5.11 Å². The zero-order chi connectivity index (χ0) is 11.3. The van der Waals surface area contributed by atoms with Crippen LogP contribution in [0.2, 0.25) is 0 Å². The highest BCUT2D eigenvalue weighted by molar-refractivity contribution is 9.10. The Morgan fingerprint density at radius 1 is 1.47 bits per heavy atom. The standard InChI is InChI=1S/C12H17BrO2/c1-3-4-5-11(14)9-6-7-12(15-2)10(13)8-9/h6-8,11,14H,3-5H2,1-2H3. The fourth-order valence-corrected chi connectivity index (χ4v) is 2.01. The second-order valence-corrected chi connectivity index (χ2v) is 4.41. The third kappa shape index (κ3) is 3.50. The fourth-order valence-electron chi connectivity index (χ4n) is 1.45. The average molecular weight is 273 g/mol. The number of aliphatic hydroxyl groups excluding tert-OH is 1. The number of methoxy groups -OCH3 is 1. The molecule has 1 aromatic carbocycles. The van der Waals surface area contributed by atoms with Crippen LogP contribution in [0.1, 0.15) is 37.9 Å². The Kier molecular flexibility index (Phi) is 5.12. The van der Waals surface area contributed by atoms with E-state index in [4.69, 9.17) is 4.74 Å². The summed E-state index contributed by atoms with van der Waals surface area (Å²) in [6.45, 7) is 2.12. The van der Waals surface area contributed by atoms with Crippen molar-refractivity contribution in [2.45, 2.75) is 32.3 Å². The van der Waals surface area contributed by atoms with Gasteiger partial charge >= 0.3 is 0 Å². The normalized spacial score (nSPS) is 12.5. The van der Waals surface area contributed by atoms with E-state index in [2.05, 4.69) is 22.9 Å². The van der Waals surface area contributed by atoms with Crippen LogP contribution >= 0.6 is 15.9 Å². The molecule has 0 radical (unpaired) electrons. The monoisotopic (exact) mass is 272 g/mol. The maximum absolute atomic E-state index is 9.88. The largest absolute Gasteiger partial charge is 0.496 e. The van der Waals surface area contributed by atoms with E-state index < -0.39 is 0 Å². The second-order valence-electron chi connectivity index (χ2n) is 3.55. The minimum atomic E-state index is -0.368. The SMILES string of the molecule is CCCCC(O)c1ccc(OC)c(Br)c1. The van der Waals surface area contributed by atoms with Crippen molar-refractivity contribution in [3.8, 4) is 5.75 Å². The third-order valence-corrected chi connectivity index (χ3v) is 3.01. The number of ether oxygens (including phenoxy) is 1. The zero-order valence-electron chi connectivity index (χ0n) is 9.16. The molecule has 1 N–H and O–H groups in total. The maximum Gasteiger partial charge on any atom is 0.133 e. The van der Waals surface area contributed by atoms with Crippen molar-refractivity contribution in [1.29, 1.82) is 0 Å². The molecule has 1 atom stereocenters. The van der Waals surface area contributed by atoms with Gasteiger partial charge in [0.1, 0.15) is 5.75 Å². The van der Waals surface area contributed by atoms with Crippen molar-refractivity contribution < 1.29 is 9.84 Å². The van der Waals surface area contributed by atoms with Crippen LogP contribution in [0.15, 0.2) is 22.7 Å². The first-order valence-corrected chi connectivity index (χ1v) is 5.99. The molecule has 1 unspecified atom stereocenters. The molecule has 0 aromatic heterocycles. The quantitative estimate of drug-likeness (QED) is 0.886. The van der Waals surface area contributed by atoms with Gasteiger partial charge in [0.15, 0.2) is 0 Å². The van der Waals surface area contributed by atoms with E-state index in [1.54, 1.807) is 7.11 Å². The molecule has 0 aliphatic carbocycles. The summed E-state index contributed by atoms with van der Waals surface area (Å²) in [5.74, 6) is 0.793. The average Bonchev–Trinajstić information content (AvgIpc) is 2.25. The first-order valence-electron chi connectivity index (χ1n) is 5.20. The van der Waals surface area contributed by atoms with Crippen LogP contribution in [0.3, 0.4) is 0 Å². The van der Waals surface area contributed by atoms with Gasteiger partial charge in [-0.25, -0.2) is 0 Å². The van der Waals surface area contributed by atoms with E-state index in [-0.39, 0.29) is 6.10 Å². The van der Waals surface area contributed by atoms with Crippen LogP contribution in [0.25, 0.3) is 0 Å². The van der Waals surface area contributed by atoms with Gasteiger partial charge in [-0.05, 0) is 40.0 Å². The van der Waals surface area contributed by atoms with Crippen molar-refractivity contribution in [2.75, 3.05) is 7.11 Å². The molecule has 0 spiro atoms. The smallest absolute Gasteiger partial charge is 0.133 e. The number of rotatable bonds is 5. The molecule has 1 rings (SSSR count). The molecule has 0 saturated carbocycles. The Morgan fingerprint density at radius 3 is 2.73 bits per heavy atom. The van der Waals surface area contributed by atoms with Gasteiger partial charge in [-0.1, -0.05) is 25.8 Å². The Bertz CT molecular complexity index is 312. The first kappa shape index (κ1) is 12.5. The highest BCUT2D eigenvalue weighted by Gasteiger charge is 2.09. The molecule has 0 amide bonds. The number of hydrogen-bond donors (Lipinski definition) is 1. The molecule has 0 heterocycles. The molecule has 2 nitrogen and oxygen atoms in total. The minimum Gasteiger partial charge on any atom is -0.496 e. The van der Waals surface area contributed by atoms with Crippen molar-refractivity contribution in [1.82, 2.24) is 0 Å². The maximum atomic E-state index is 9.88. The molecule has 1 aromatic rings. The van der Waals surface area contributed by atoms with Crippen molar-refractivity contribution in [3.05, 3.63) is 28.2 Å². The lowest BCUT2D eigenvalue weighted by molar-refractivity contribution is 0.164. The van der Waals surface area contributed by atoms with E-state index in [0.29, 0.717) is 0 Å². The van der Waals surface area contributed by atoms with Crippen molar-refractivity contribution >= 4 is 15.9 Å². The summed E-state index contributed by atoms with van der Waals surface area (Å²) in [7, 11) is 1.63. The summed E-state index contributed by atoms with van der Waals surface area (Å²) in [6.07, 6.45) is 2.60. The van der Waals surface area contributed by atoms with Crippen LogP contribution in [0, 0.1) is 0 Å². The lowest BCUT2D eigenvalue weighted by Gasteiger charge is -2.12. The Labute approximate surface area is 99.4 Å². The Morgan fingerprint density at radius 2 is 2.20 bits per heavy atom. The first-order chi connectivity index (χ1) is 7.19.